The maximum absolute atomic E-state index is 11.4. The highest BCUT2D eigenvalue weighted by Crippen LogP contribution is 2.18. The SMILES string of the molecule is CS(=O)(=O)c1ccc(CNc2ccccc2C(=N)C(=O)O)cc1. The van der Waals surface area contributed by atoms with Gasteiger partial charge in [-0.2, -0.15) is 0 Å². The number of carboxylic acid groups (broad SMARTS) is 1. The summed E-state index contributed by atoms with van der Waals surface area (Å²) in [6.07, 6.45) is 1.15. The number of sulfone groups is 1. The molecule has 120 valence electrons. The van der Waals surface area contributed by atoms with Gasteiger partial charge in [-0.25, -0.2) is 13.2 Å². The van der Waals surface area contributed by atoms with E-state index in [0.29, 0.717) is 17.8 Å². The van der Waals surface area contributed by atoms with Gasteiger partial charge in [0.25, 0.3) is 0 Å². The number of benzene rings is 2. The number of anilines is 1. The molecule has 0 aliphatic carbocycles. The molecule has 0 saturated heterocycles. The first kappa shape index (κ1) is 16.7. The average Bonchev–Trinajstić information content (AvgIpc) is 2.52. The van der Waals surface area contributed by atoms with Gasteiger partial charge in [-0.3, -0.25) is 5.41 Å². The Balaban J connectivity index is 2.16. The molecule has 6 nitrogen and oxygen atoms in total. The Morgan fingerprint density at radius 3 is 2.30 bits per heavy atom. The molecule has 0 bridgehead atoms. The van der Waals surface area contributed by atoms with Crippen LogP contribution in [-0.2, 0) is 21.2 Å². The van der Waals surface area contributed by atoms with Gasteiger partial charge in [0.15, 0.2) is 9.84 Å². The molecule has 0 unspecified atom stereocenters. The standard InChI is InChI=1S/C16H16N2O4S/c1-23(21,22)12-8-6-11(7-9-12)10-18-14-5-3-2-4-13(14)15(17)16(19)20/h2-9,17-18H,10H2,1H3,(H,19,20). The molecule has 0 heterocycles. The van der Waals surface area contributed by atoms with Gasteiger partial charge in [0, 0.05) is 24.1 Å². The van der Waals surface area contributed by atoms with E-state index in [4.69, 9.17) is 10.5 Å². The Bertz CT molecular complexity index is 843. The van der Waals surface area contributed by atoms with Crippen LogP contribution in [0.4, 0.5) is 5.69 Å². The highest BCUT2D eigenvalue weighted by molar-refractivity contribution is 7.90. The predicted octanol–water partition coefficient (Wildman–Crippen LogP) is 2.15. The minimum atomic E-state index is -3.23. The van der Waals surface area contributed by atoms with E-state index in [1.807, 2.05) is 0 Å². The first-order chi connectivity index (χ1) is 10.8. The zero-order valence-corrected chi connectivity index (χ0v) is 13.2. The monoisotopic (exact) mass is 332 g/mol. The van der Waals surface area contributed by atoms with Gasteiger partial charge in [-0.15, -0.1) is 0 Å². The van der Waals surface area contributed by atoms with E-state index in [2.05, 4.69) is 5.32 Å². The third-order valence-electron chi connectivity index (χ3n) is 3.24. The summed E-state index contributed by atoms with van der Waals surface area (Å²) >= 11 is 0. The summed E-state index contributed by atoms with van der Waals surface area (Å²) in [4.78, 5) is 11.2. The Labute approximate surface area is 134 Å². The largest absolute Gasteiger partial charge is 0.477 e. The van der Waals surface area contributed by atoms with Crippen LogP contribution in [0.15, 0.2) is 53.4 Å². The number of carboxylic acids is 1. The molecule has 0 spiro atoms. The molecule has 2 aromatic rings. The van der Waals surface area contributed by atoms with Crippen LogP contribution in [0.25, 0.3) is 0 Å². The molecule has 23 heavy (non-hydrogen) atoms. The van der Waals surface area contributed by atoms with Crippen molar-refractivity contribution >= 4 is 27.2 Å². The van der Waals surface area contributed by atoms with Gasteiger partial charge in [-0.05, 0) is 23.8 Å². The zero-order valence-electron chi connectivity index (χ0n) is 12.4. The van der Waals surface area contributed by atoms with Gasteiger partial charge in [-0.1, -0.05) is 30.3 Å². The summed E-state index contributed by atoms with van der Waals surface area (Å²) in [5.41, 5.74) is 1.19. The van der Waals surface area contributed by atoms with Crippen molar-refractivity contribution in [1.82, 2.24) is 0 Å². The molecule has 0 aliphatic heterocycles. The lowest BCUT2D eigenvalue weighted by Crippen LogP contribution is -2.15. The van der Waals surface area contributed by atoms with Crippen LogP contribution < -0.4 is 5.32 Å². The Hall–Kier alpha value is -2.67. The molecule has 7 heteroatoms. The first-order valence-electron chi connectivity index (χ1n) is 6.73. The molecule has 0 aromatic heterocycles. The van der Waals surface area contributed by atoms with Crippen molar-refractivity contribution < 1.29 is 18.3 Å². The van der Waals surface area contributed by atoms with Crippen molar-refractivity contribution in [2.24, 2.45) is 0 Å². The molecule has 2 rings (SSSR count). The Morgan fingerprint density at radius 1 is 1.13 bits per heavy atom. The molecule has 0 aliphatic rings. The van der Waals surface area contributed by atoms with E-state index in [-0.39, 0.29) is 4.90 Å². The minimum Gasteiger partial charge on any atom is -0.477 e. The molecule has 0 atom stereocenters. The molecule has 0 amide bonds. The summed E-state index contributed by atoms with van der Waals surface area (Å²) in [6, 6.07) is 13.1. The fraction of sp³-hybridized carbons (Fsp3) is 0.125. The van der Waals surface area contributed by atoms with E-state index < -0.39 is 21.5 Å². The van der Waals surface area contributed by atoms with Crippen molar-refractivity contribution in [2.45, 2.75) is 11.4 Å². The maximum Gasteiger partial charge on any atom is 0.354 e. The summed E-state index contributed by atoms with van der Waals surface area (Å²) in [6.45, 7) is 0.383. The Morgan fingerprint density at radius 2 is 1.74 bits per heavy atom. The normalized spacial score (nSPS) is 11.0. The van der Waals surface area contributed by atoms with Crippen LogP contribution in [0.5, 0.6) is 0 Å². The molecular weight excluding hydrogens is 316 g/mol. The molecular formula is C16H16N2O4S. The predicted molar refractivity (Wildman–Crippen MR) is 87.8 cm³/mol. The molecule has 0 saturated carbocycles. The average molecular weight is 332 g/mol. The van der Waals surface area contributed by atoms with Gasteiger partial charge in [0.2, 0.25) is 0 Å². The van der Waals surface area contributed by atoms with Gasteiger partial charge in [0.1, 0.15) is 5.71 Å². The quantitative estimate of drug-likeness (QED) is 0.703. The zero-order chi connectivity index (χ0) is 17.0. The summed E-state index contributed by atoms with van der Waals surface area (Å²) in [7, 11) is -3.23. The molecule has 2 aromatic carbocycles. The number of carbonyl (C=O) groups is 1. The van der Waals surface area contributed by atoms with E-state index in [0.717, 1.165) is 11.8 Å². The van der Waals surface area contributed by atoms with E-state index in [1.165, 1.54) is 12.1 Å². The second kappa shape index (κ2) is 6.62. The van der Waals surface area contributed by atoms with Crippen molar-refractivity contribution in [3.05, 3.63) is 59.7 Å². The van der Waals surface area contributed by atoms with E-state index in [9.17, 15) is 13.2 Å². The first-order valence-corrected chi connectivity index (χ1v) is 8.62. The summed E-state index contributed by atoms with van der Waals surface area (Å²) < 4.78 is 22.8. The number of aliphatic carboxylic acids is 1. The number of para-hydroxylation sites is 1. The van der Waals surface area contributed by atoms with Gasteiger partial charge < -0.3 is 10.4 Å². The maximum atomic E-state index is 11.4. The lowest BCUT2D eigenvalue weighted by molar-refractivity contribution is -0.129. The van der Waals surface area contributed by atoms with Crippen molar-refractivity contribution in [1.29, 1.82) is 5.41 Å². The van der Waals surface area contributed by atoms with Crippen LogP contribution in [0, 0.1) is 5.41 Å². The third kappa shape index (κ3) is 4.17. The third-order valence-corrected chi connectivity index (χ3v) is 4.37. The number of nitrogens with one attached hydrogen (secondary N) is 2. The highest BCUT2D eigenvalue weighted by Gasteiger charge is 2.13. The number of hydrogen-bond acceptors (Lipinski definition) is 5. The lowest BCUT2D eigenvalue weighted by Gasteiger charge is -2.11. The van der Waals surface area contributed by atoms with Crippen LogP contribution in [0.2, 0.25) is 0 Å². The fourth-order valence-corrected chi connectivity index (χ4v) is 2.65. The lowest BCUT2D eigenvalue weighted by atomic mass is 10.1. The van der Waals surface area contributed by atoms with Gasteiger partial charge in [0.05, 0.1) is 4.90 Å². The summed E-state index contributed by atoms with van der Waals surface area (Å²) in [5.74, 6) is -1.29. The van der Waals surface area contributed by atoms with Crippen LogP contribution in [0.3, 0.4) is 0 Å². The number of hydrogen-bond donors (Lipinski definition) is 3. The van der Waals surface area contributed by atoms with E-state index >= 15 is 0 Å². The Kier molecular flexibility index (Phi) is 4.80. The molecule has 0 radical (unpaired) electrons. The van der Waals surface area contributed by atoms with Crippen LogP contribution >= 0.6 is 0 Å². The minimum absolute atomic E-state index is 0.245. The fourth-order valence-electron chi connectivity index (χ4n) is 2.02. The highest BCUT2D eigenvalue weighted by atomic mass is 32.2. The second-order valence-corrected chi connectivity index (χ2v) is 7.01. The number of rotatable bonds is 6. The second-order valence-electron chi connectivity index (χ2n) is 5.00. The topological polar surface area (TPSA) is 107 Å². The van der Waals surface area contributed by atoms with Crippen LogP contribution in [0.1, 0.15) is 11.1 Å². The van der Waals surface area contributed by atoms with Crippen LogP contribution in [-0.4, -0.2) is 31.5 Å². The smallest absolute Gasteiger partial charge is 0.354 e. The van der Waals surface area contributed by atoms with Crippen molar-refractivity contribution in [3.8, 4) is 0 Å². The van der Waals surface area contributed by atoms with E-state index in [1.54, 1.807) is 36.4 Å². The molecule has 3 N–H and O–H groups in total. The summed E-state index contributed by atoms with van der Waals surface area (Å²) in [5, 5.41) is 19.6. The van der Waals surface area contributed by atoms with Crippen molar-refractivity contribution in [2.75, 3.05) is 11.6 Å². The van der Waals surface area contributed by atoms with Gasteiger partial charge >= 0.3 is 5.97 Å². The van der Waals surface area contributed by atoms with Crippen molar-refractivity contribution in [3.63, 3.8) is 0 Å². The molecule has 0 fully saturated rings.